The Morgan fingerprint density at radius 3 is 2.27 bits per heavy atom. The Bertz CT molecular complexity index is 260. The van der Waals surface area contributed by atoms with Crippen LogP contribution in [0.4, 0.5) is 0 Å². The van der Waals surface area contributed by atoms with Gasteiger partial charge in [0, 0.05) is 12.8 Å². The Morgan fingerprint density at radius 2 is 1.93 bits per heavy atom. The number of rotatable bonds is 1. The van der Waals surface area contributed by atoms with Crippen molar-refractivity contribution in [1.29, 1.82) is 0 Å². The summed E-state index contributed by atoms with van der Waals surface area (Å²) in [4.78, 5) is 9.00. The molecule has 0 bridgehead atoms. The topological polar surface area (TPSA) is 57.5 Å². The van der Waals surface area contributed by atoms with Gasteiger partial charge in [0.2, 0.25) is 0 Å². The van der Waals surface area contributed by atoms with E-state index in [1.165, 1.54) is 5.57 Å². The predicted octanol–water partition coefficient (Wildman–Crippen LogP) is 2.23. The molecule has 1 rings (SSSR count). The summed E-state index contributed by atoms with van der Waals surface area (Å²) in [5, 5.41) is 16.9. The van der Waals surface area contributed by atoms with Crippen LogP contribution >= 0.6 is 0 Å². The van der Waals surface area contributed by atoms with E-state index in [2.05, 4.69) is 26.0 Å². The number of aliphatic hydroxyl groups excluding tert-OH is 1. The van der Waals surface area contributed by atoms with Gasteiger partial charge in [-0.05, 0) is 11.5 Å². The van der Waals surface area contributed by atoms with Crippen molar-refractivity contribution in [2.45, 2.75) is 33.8 Å². The lowest BCUT2D eigenvalue weighted by molar-refractivity contribution is -0.134. The van der Waals surface area contributed by atoms with E-state index >= 15 is 0 Å². The second-order valence-electron chi connectivity index (χ2n) is 4.05. The molecule has 0 spiro atoms. The van der Waals surface area contributed by atoms with Gasteiger partial charge in [-0.3, -0.25) is 4.79 Å². The van der Waals surface area contributed by atoms with Crippen molar-refractivity contribution in [2.75, 3.05) is 0 Å². The fraction of sp³-hybridized carbons (Fsp3) is 0.583. The molecule has 0 aromatic heterocycles. The maximum absolute atomic E-state index is 9.47. The van der Waals surface area contributed by atoms with Crippen LogP contribution in [0.15, 0.2) is 23.8 Å². The molecule has 15 heavy (non-hydrogen) atoms. The van der Waals surface area contributed by atoms with Gasteiger partial charge in [-0.15, -0.1) is 0 Å². The van der Waals surface area contributed by atoms with Gasteiger partial charge in [-0.2, -0.15) is 0 Å². The van der Waals surface area contributed by atoms with Gasteiger partial charge in [0.05, 0.1) is 6.10 Å². The third-order valence-electron chi connectivity index (χ3n) is 2.16. The molecule has 0 amide bonds. The quantitative estimate of drug-likeness (QED) is 0.700. The summed E-state index contributed by atoms with van der Waals surface area (Å²) in [6, 6.07) is 0. The van der Waals surface area contributed by atoms with E-state index in [1.807, 2.05) is 13.0 Å². The highest BCUT2D eigenvalue weighted by atomic mass is 16.4. The SMILES string of the molecule is CC(=O)O.CC(C)C1=CC(O)C(C)C=C1. The Kier molecular flexibility index (Phi) is 5.94. The van der Waals surface area contributed by atoms with Crippen LogP contribution in [0.5, 0.6) is 0 Å². The minimum Gasteiger partial charge on any atom is -0.481 e. The maximum atomic E-state index is 9.47. The minimum atomic E-state index is -0.833. The first-order valence-corrected chi connectivity index (χ1v) is 5.12. The number of hydrogen-bond acceptors (Lipinski definition) is 2. The molecule has 0 aromatic carbocycles. The highest BCUT2D eigenvalue weighted by molar-refractivity contribution is 5.62. The highest BCUT2D eigenvalue weighted by Crippen LogP contribution is 2.21. The highest BCUT2D eigenvalue weighted by Gasteiger charge is 2.14. The zero-order valence-corrected chi connectivity index (χ0v) is 9.77. The van der Waals surface area contributed by atoms with Crippen LogP contribution in [0, 0.1) is 11.8 Å². The third-order valence-corrected chi connectivity index (χ3v) is 2.16. The molecule has 86 valence electrons. The predicted molar refractivity (Wildman–Crippen MR) is 60.5 cm³/mol. The van der Waals surface area contributed by atoms with Crippen molar-refractivity contribution in [3.63, 3.8) is 0 Å². The first kappa shape index (κ1) is 13.9. The lowest BCUT2D eigenvalue weighted by Gasteiger charge is -2.19. The lowest BCUT2D eigenvalue weighted by atomic mass is 9.90. The van der Waals surface area contributed by atoms with Crippen molar-refractivity contribution < 1.29 is 15.0 Å². The molecule has 0 saturated carbocycles. The molecule has 3 heteroatoms. The van der Waals surface area contributed by atoms with Crippen molar-refractivity contribution in [3.8, 4) is 0 Å². The largest absolute Gasteiger partial charge is 0.481 e. The summed E-state index contributed by atoms with van der Waals surface area (Å²) >= 11 is 0. The molecule has 0 heterocycles. The molecule has 0 aliphatic heterocycles. The van der Waals surface area contributed by atoms with Gasteiger partial charge >= 0.3 is 0 Å². The fourth-order valence-electron chi connectivity index (χ4n) is 1.17. The molecule has 1 aliphatic carbocycles. The van der Waals surface area contributed by atoms with E-state index in [9.17, 15) is 5.11 Å². The Hall–Kier alpha value is -1.09. The molecular weight excluding hydrogens is 192 g/mol. The van der Waals surface area contributed by atoms with Crippen LogP contribution in [-0.4, -0.2) is 22.3 Å². The molecular formula is C12H20O3. The van der Waals surface area contributed by atoms with Gasteiger partial charge in [0.25, 0.3) is 5.97 Å². The van der Waals surface area contributed by atoms with E-state index in [0.29, 0.717) is 5.92 Å². The number of carbonyl (C=O) groups is 1. The lowest BCUT2D eigenvalue weighted by Crippen LogP contribution is -2.17. The van der Waals surface area contributed by atoms with Crippen molar-refractivity contribution in [3.05, 3.63) is 23.8 Å². The summed E-state index contributed by atoms with van der Waals surface area (Å²) in [6.07, 6.45) is 5.86. The Labute approximate surface area is 91.1 Å². The molecule has 2 atom stereocenters. The summed E-state index contributed by atoms with van der Waals surface area (Å²) < 4.78 is 0. The van der Waals surface area contributed by atoms with Crippen molar-refractivity contribution in [1.82, 2.24) is 0 Å². The standard InChI is InChI=1S/C10H16O.C2H4O2/c1-7(2)9-5-4-8(3)10(11)6-9;1-2(3)4/h4-8,10-11H,1-3H3;1H3,(H,3,4). The summed E-state index contributed by atoms with van der Waals surface area (Å²) in [5.41, 5.74) is 1.25. The second kappa shape index (κ2) is 6.40. The van der Waals surface area contributed by atoms with Crippen molar-refractivity contribution >= 4 is 5.97 Å². The maximum Gasteiger partial charge on any atom is 0.300 e. The minimum absolute atomic E-state index is 0.275. The number of aliphatic carboxylic acids is 1. The zero-order valence-electron chi connectivity index (χ0n) is 9.77. The van der Waals surface area contributed by atoms with Crippen LogP contribution < -0.4 is 0 Å². The molecule has 2 N–H and O–H groups in total. The number of carboxylic acid groups (broad SMARTS) is 1. The molecule has 3 nitrogen and oxygen atoms in total. The van der Waals surface area contributed by atoms with Crippen LogP contribution in [0.2, 0.25) is 0 Å². The molecule has 0 aromatic rings. The normalized spacial score (nSPS) is 24.3. The summed E-state index contributed by atoms with van der Waals surface area (Å²) in [5.74, 6) is -0.0362. The van der Waals surface area contributed by atoms with Gasteiger partial charge in [-0.25, -0.2) is 0 Å². The summed E-state index contributed by atoms with van der Waals surface area (Å²) in [7, 11) is 0. The number of hydrogen-bond donors (Lipinski definition) is 2. The van der Waals surface area contributed by atoms with Gasteiger partial charge < -0.3 is 10.2 Å². The average molecular weight is 212 g/mol. The Morgan fingerprint density at radius 1 is 1.47 bits per heavy atom. The van der Waals surface area contributed by atoms with Crippen LogP contribution in [0.3, 0.4) is 0 Å². The average Bonchev–Trinajstić information content (AvgIpc) is 2.08. The number of aliphatic hydroxyl groups is 1. The monoisotopic (exact) mass is 212 g/mol. The molecule has 0 fully saturated rings. The first-order valence-electron chi connectivity index (χ1n) is 5.12. The van der Waals surface area contributed by atoms with Crippen molar-refractivity contribution in [2.24, 2.45) is 11.8 Å². The fourth-order valence-corrected chi connectivity index (χ4v) is 1.17. The molecule has 2 unspecified atom stereocenters. The van der Waals surface area contributed by atoms with E-state index in [0.717, 1.165) is 6.92 Å². The molecule has 0 saturated heterocycles. The number of allylic oxidation sites excluding steroid dienone is 2. The van der Waals surface area contributed by atoms with Gasteiger partial charge in [0.15, 0.2) is 0 Å². The third kappa shape index (κ3) is 6.07. The molecule has 0 radical (unpaired) electrons. The Balaban J connectivity index is 0.000000423. The van der Waals surface area contributed by atoms with Crippen LogP contribution in [-0.2, 0) is 4.79 Å². The number of carboxylic acids is 1. The van der Waals surface area contributed by atoms with E-state index in [1.54, 1.807) is 0 Å². The smallest absolute Gasteiger partial charge is 0.300 e. The molecule has 1 aliphatic rings. The van der Waals surface area contributed by atoms with E-state index < -0.39 is 5.97 Å². The van der Waals surface area contributed by atoms with Crippen LogP contribution in [0.1, 0.15) is 27.7 Å². The zero-order chi connectivity index (χ0) is 12.0. The van der Waals surface area contributed by atoms with Gasteiger partial charge in [0.1, 0.15) is 0 Å². The van der Waals surface area contributed by atoms with Gasteiger partial charge in [-0.1, -0.05) is 39.0 Å². The van der Waals surface area contributed by atoms with E-state index in [4.69, 9.17) is 9.90 Å². The second-order valence-corrected chi connectivity index (χ2v) is 4.05. The summed E-state index contributed by atoms with van der Waals surface area (Å²) in [6.45, 7) is 7.38. The van der Waals surface area contributed by atoms with E-state index in [-0.39, 0.29) is 12.0 Å². The first-order chi connectivity index (χ1) is 6.84. The van der Waals surface area contributed by atoms with Crippen LogP contribution in [0.25, 0.3) is 0 Å².